The molecule has 110 valence electrons. The highest BCUT2D eigenvalue weighted by Gasteiger charge is 2.29. The number of aryl methyl sites for hydroxylation is 2. The summed E-state index contributed by atoms with van der Waals surface area (Å²) < 4.78 is 0. The van der Waals surface area contributed by atoms with Crippen LogP contribution in [-0.2, 0) is 0 Å². The third kappa shape index (κ3) is 3.18. The van der Waals surface area contributed by atoms with E-state index in [0.29, 0.717) is 0 Å². The largest absolute Gasteiger partial charge is 0.140 e. The molecule has 2 heterocycles. The molecule has 0 aromatic carbocycles. The molecule has 2 aromatic heterocycles. The van der Waals surface area contributed by atoms with Gasteiger partial charge in [0.25, 0.3) is 0 Å². The first kappa shape index (κ1) is 16.2. The first-order chi connectivity index (χ1) is 9.00. The maximum Gasteiger partial charge on any atom is 0.0795 e. The molecule has 0 aliphatic rings. The molecule has 0 aliphatic heterocycles. The van der Waals surface area contributed by atoms with Crippen LogP contribution < -0.4 is 10.4 Å². The van der Waals surface area contributed by atoms with Crippen LogP contribution in [0.2, 0.25) is 39.3 Å². The third-order valence-corrected chi connectivity index (χ3v) is 10.2. The van der Waals surface area contributed by atoms with Crippen LogP contribution in [0, 0.1) is 13.8 Å². The highest BCUT2D eigenvalue weighted by atomic mass is 32.1. The van der Waals surface area contributed by atoms with Gasteiger partial charge in [-0.3, -0.25) is 0 Å². The Kier molecular flexibility index (Phi) is 4.24. The second kappa shape index (κ2) is 5.23. The zero-order valence-corrected chi connectivity index (χ0v) is 17.6. The fourth-order valence-electron chi connectivity index (χ4n) is 2.48. The Morgan fingerprint density at radius 3 is 1.20 bits per heavy atom. The van der Waals surface area contributed by atoms with Crippen LogP contribution in [0.15, 0.2) is 12.1 Å². The average molecular weight is 339 g/mol. The van der Waals surface area contributed by atoms with E-state index < -0.39 is 16.1 Å². The summed E-state index contributed by atoms with van der Waals surface area (Å²) in [4.78, 5) is 6.09. The fraction of sp³-hybridized carbons (Fsp3) is 0.500. The fourth-order valence-corrected chi connectivity index (χ4v) is 9.92. The van der Waals surface area contributed by atoms with Crippen molar-refractivity contribution in [1.29, 1.82) is 0 Å². The summed E-state index contributed by atoms with van der Waals surface area (Å²) in [5.74, 6) is 0. The molecular formula is C16H26S2Si2. The summed E-state index contributed by atoms with van der Waals surface area (Å²) in [6, 6.07) is 4.91. The Labute approximate surface area is 133 Å². The van der Waals surface area contributed by atoms with Crippen molar-refractivity contribution in [2.45, 2.75) is 53.1 Å². The second-order valence-corrected chi connectivity index (χ2v) is 20.3. The van der Waals surface area contributed by atoms with Gasteiger partial charge in [-0.15, -0.1) is 22.7 Å². The molecule has 0 fully saturated rings. The van der Waals surface area contributed by atoms with Crippen LogP contribution in [0.25, 0.3) is 9.75 Å². The van der Waals surface area contributed by atoms with Crippen LogP contribution in [0.1, 0.15) is 9.75 Å². The van der Waals surface area contributed by atoms with Gasteiger partial charge in [0.15, 0.2) is 0 Å². The van der Waals surface area contributed by atoms with Crippen molar-refractivity contribution < 1.29 is 0 Å². The topological polar surface area (TPSA) is 0 Å². The van der Waals surface area contributed by atoms with Gasteiger partial charge in [-0.25, -0.2) is 0 Å². The van der Waals surface area contributed by atoms with Crippen LogP contribution in [0.5, 0.6) is 0 Å². The molecule has 2 rings (SSSR count). The van der Waals surface area contributed by atoms with Gasteiger partial charge in [-0.1, -0.05) is 39.3 Å². The predicted molar refractivity (Wildman–Crippen MR) is 103 cm³/mol. The van der Waals surface area contributed by atoms with Gasteiger partial charge in [-0.05, 0) is 36.4 Å². The van der Waals surface area contributed by atoms with E-state index in [4.69, 9.17) is 0 Å². The highest BCUT2D eigenvalue weighted by Crippen LogP contribution is 2.34. The van der Waals surface area contributed by atoms with Crippen molar-refractivity contribution in [3.8, 4) is 9.75 Å². The van der Waals surface area contributed by atoms with E-state index in [0.717, 1.165) is 0 Å². The lowest BCUT2D eigenvalue weighted by Crippen LogP contribution is -2.41. The van der Waals surface area contributed by atoms with E-state index >= 15 is 0 Å². The van der Waals surface area contributed by atoms with Gasteiger partial charge in [0, 0.05) is 19.5 Å². The maximum atomic E-state index is 2.46. The van der Waals surface area contributed by atoms with E-state index in [-0.39, 0.29) is 0 Å². The van der Waals surface area contributed by atoms with E-state index in [9.17, 15) is 0 Å². The van der Waals surface area contributed by atoms with Crippen LogP contribution in [0.3, 0.4) is 0 Å². The normalized spacial score (nSPS) is 13.0. The zero-order valence-electron chi connectivity index (χ0n) is 14.0. The monoisotopic (exact) mass is 338 g/mol. The number of rotatable bonds is 3. The Balaban J connectivity index is 2.70. The summed E-state index contributed by atoms with van der Waals surface area (Å²) in [6.07, 6.45) is 0. The minimum Gasteiger partial charge on any atom is -0.140 e. The van der Waals surface area contributed by atoms with Gasteiger partial charge in [0.2, 0.25) is 0 Å². The Bertz CT molecular complexity index is 566. The highest BCUT2D eigenvalue weighted by molar-refractivity contribution is 7.25. The number of hydrogen-bond donors (Lipinski definition) is 0. The van der Waals surface area contributed by atoms with Gasteiger partial charge < -0.3 is 0 Å². The number of thiophene rings is 2. The lowest BCUT2D eigenvalue weighted by molar-refractivity contribution is 1.64. The average Bonchev–Trinajstić information content (AvgIpc) is 2.79. The molecule has 0 radical (unpaired) electrons. The lowest BCUT2D eigenvalue weighted by atomic mass is 10.3. The van der Waals surface area contributed by atoms with E-state index in [1.165, 1.54) is 9.75 Å². The van der Waals surface area contributed by atoms with Gasteiger partial charge in [0.05, 0.1) is 16.1 Å². The van der Waals surface area contributed by atoms with E-state index in [1.54, 1.807) is 20.1 Å². The van der Waals surface area contributed by atoms with Crippen molar-refractivity contribution in [2.75, 3.05) is 0 Å². The van der Waals surface area contributed by atoms with Crippen molar-refractivity contribution in [3.05, 3.63) is 21.9 Å². The number of hydrogen-bond acceptors (Lipinski definition) is 2. The molecule has 0 saturated heterocycles. The molecule has 0 amide bonds. The molecule has 0 bridgehead atoms. The van der Waals surface area contributed by atoms with Crippen LogP contribution >= 0.6 is 22.7 Å². The van der Waals surface area contributed by atoms with E-state index in [1.807, 2.05) is 22.7 Å². The van der Waals surface area contributed by atoms with Crippen molar-refractivity contribution in [2.24, 2.45) is 0 Å². The lowest BCUT2D eigenvalue weighted by Gasteiger charge is -2.20. The minimum atomic E-state index is -1.28. The summed E-state index contributed by atoms with van der Waals surface area (Å²) in [7, 11) is -2.56. The molecule has 2 aromatic rings. The van der Waals surface area contributed by atoms with Crippen molar-refractivity contribution >= 4 is 49.2 Å². The molecular weight excluding hydrogens is 312 g/mol. The quantitative estimate of drug-likeness (QED) is 0.676. The molecule has 0 atom stereocenters. The molecule has 0 N–H and O–H groups in total. The Morgan fingerprint density at radius 2 is 0.950 bits per heavy atom. The summed E-state index contributed by atoms with van der Waals surface area (Å²) in [5, 5.41) is 3.31. The SMILES string of the molecule is Cc1cc([Si](C)(C)C)c(-c2sc(C)cc2[Si](C)(C)C)s1. The first-order valence-corrected chi connectivity index (χ1v) is 15.9. The van der Waals surface area contributed by atoms with Crippen LogP contribution in [-0.4, -0.2) is 16.1 Å². The Morgan fingerprint density at radius 1 is 0.650 bits per heavy atom. The van der Waals surface area contributed by atoms with Crippen LogP contribution in [0.4, 0.5) is 0 Å². The molecule has 0 nitrogen and oxygen atoms in total. The third-order valence-electron chi connectivity index (χ3n) is 3.53. The second-order valence-electron chi connectivity index (χ2n) is 7.70. The van der Waals surface area contributed by atoms with Gasteiger partial charge in [0.1, 0.15) is 0 Å². The molecule has 0 aliphatic carbocycles. The maximum absolute atomic E-state index is 2.46. The molecule has 0 unspecified atom stereocenters. The standard InChI is InChI=1S/C16H26S2Si2/c1-11-9-13(19(3,4)5)15(17-11)16-14(20(6,7)8)10-12(2)18-16/h9-10H,1-8H3. The van der Waals surface area contributed by atoms with Crippen molar-refractivity contribution in [1.82, 2.24) is 0 Å². The molecule has 0 saturated carbocycles. The molecule has 20 heavy (non-hydrogen) atoms. The zero-order chi connectivity index (χ0) is 15.3. The molecule has 4 heteroatoms. The summed E-state index contributed by atoms with van der Waals surface area (Å²) in [5.41, 5.74) is 0. The van der Waals surface area contributed by atoms with Gasteiger partial charge in [-0.2, -0.15) is 0 Å². The molecule has 0 spiro atoms. The first-order valence-electron chi connectivity index (χ1n) is 7.22. The summed E-state index contributed by atoms with van der Waals surface area (Å²) in [6.45, 7) is 19.3. The minimum absolute atomic E-state index is 1.28. The predicted octanol–water partition coefficient (Wildman–Crippen LogP) is 5.18. The Hall–Kier alpha value is -0.166. The van der Waals surface area contributed by atoms with Crippen molar-refractivity contribution in [3.63, 3.8) is 0 Å². The smallest absolute Gasteiger partial charge is 0.0795 e. The van der Waals surface area contributed by atoms with E-state index in [2.05, 4.69) is 65.3 Å². The summed E-state index contributed by atoms with van der Waals surface area (Å²) >= 11 is 4.01. The van der Waals surface area contributed by atoms with Gasteiger partial charge >= 0.3 is 0 Å².